The van der Waals surface area contributed by atoms with E-state index in [1.54, 1.807) is 17.2 Å². The third kappa shape index (κ3) is 4.24. The normalized spacial score (nSPS) is 16.7. The van der Waals surface area contributed by atoms with Gasteiger partial charge in [0.1, 0.15) is 11.9 Å². The molecule has 1 fully saturated rings. The summed E-state index contributed by atoms with van der Waals surface area (Å²) in [5.41, 5.74) is 0. The number of rotatable bonds is 5. The number of carbonyl (C=O) groups is 1. The number of unbranched alkanes of at least 4 members (excludes halogenated alkanes) is 1. The van der Waals surface area contributed by atoms with Gasteiger partial charge in [0.05, 0.1) is 10.0 Å². The Balaban J connectivity index is 1.91. The first-order valence-electron chi connectivity index (χ1n) is 7.55. The number of aliphatic hydroxyl groups excluding tert-OH is 1. The lowest BCUT2D eigenvalue weighted by Crippen LogP contribution is -2.51. The minimum absolute atomic E-state index is 0.178. The minimum atomic E-state index is -0.885. The van der Waals surface area contributed by atoms with Crippen molar-refractivity contribution in [2.45, 2.75) is 32.3 Å². The number of hydrogen-bond acceptors (Lipinski definition) is 4. The standard InChI is InChI=1S/C15H21Cl2N3O2/c1-2-3-4-13(21)15(22)20-7-5-19(6-8-20)14-12(17)9-11(16)10-18-14/h9-10,13,21H,2-8H2,1H3. The molecule has 1 amide bonds. The fraction of sp³-hybridized carbons (Fsp3) is 0.600. The maximum atomic E-state index is 12.2. The Morgan fingerprint density at radius 3 is 2.64 bits per heavy atom. The highest BCUT2D eigenvalue weighted by atomic mass is 35.5. The SMILES string of the molecule is CCCCC(O)C(=O)N1CCN(c2ncc(Cl)cc2Cl)CC1. The van der Waals surface area contributed by atoms with Gasteiger partial charge in [0.2, 0.25) is 0 Å². The van der Waals surface area contributed by atoms with Crippen molar-refractivity contribution in [1.29, 1.82) is 0 Å². The Labute approximate surface area is 140 Å². The van der Waals surface area contributed by atoms with Crippen molar-refractivity contribution in [2.24, 2.45) is 0 Å². The van der Waals surface area contributed by atoms with E-state index in [9.17, 15) is 9.90 Å². The van der Waals surface area contributed by atoms with Gasteiger partial charge >= 0.3 is 0 Å². The fourth-order valence-corrected chi connectivity index (χ4v) is 3.01. The molecule has 1 aliphatic heterocycles. The molecule has 1 aromatic heterocycles. The average Bonchev–Trinajstić information content (AvgIpc) is 2.52. The highest BCUT2D eigenvalue weighted by molar-refractivity contribution is 6.36. The van der Waals surface area contributed by atoms with Crippen LogP contribution in [0.1, 0.15) is 26.2 Å². The van der Waals surface area contributed by atoms with Crippen LogP contribution in [0.15, 0.2) is 12.3 Å². The van der Waals surface area contributed by atoms with Gasteiger partial charge < -0.3 is 14.9 Å². The molecule has 0 aromatic carbocycles. The summed E-state index contributed by atoms with van der Waals surface area (Å²) in [6.07, 6.45) is 3.04. The maximum absolute atomic E-state index is 12.2. The molecule has 1 saturated heterocycles. The van der Waals surface area contributed by atoms with Crippen molar-refractivity contribution in [1.82, 2.24) is 9.88 Å². The number of anilines is 1. The van der Waals surface area contributed by atoms with E-state index in [0.29, 0.717) is 48.5 Å². The molecule has 22 heavy (non-hydrogen) atoms. The fourth-order valence-electron chi connectivity index (χ4n) is 2.51. The first-order valence-corrected chi connectivity index (χ1v) is 8.31. The smallest absolute Gasteiger partial charge is 0.251 e. The van der Waals surface area contributed by atoms with Crippen LogP contribution >= 0.6 is 23.2 Å². The quantitative estimate of drug-likeness (QED) is 0.890. The predicted molar refractivity (Wildman–Crippen MR) is 88.6 cm³/mol. The average molecular weight is 346 g/mol. The van der Waals surface area contributed by atoms with Gasteiger partial charge in [0.15, 0.2) is 0 Å². The summed E-state index contributed by atoms with van der Waals surface area (Å²) in [6.45, 7) is 4.44. The van der Waals surface area contributed by atoms with Gasteiger partial charge in [0, 0.05) is 32.4 Å². The molecule has 5 nitrogen and oxygen atoms in total. The van der Waals surface area contributed by atoms with E-state index in [0.717, 1.165) is 12.8 Å². The maximum Gasteiger partial charge on any atom is 0.251 e. The topological polar surface area (TPSA) is 56.7 Å². The molecule has 122 valence electrons. The summed E-state index contributed by atoms with van der Waals surface area (Å²) >= 11 is 12.0. The van der Waals surface area contributed by atoms with Crippen LogP contribution in [0.3, 0.4) is 0 Å². The zero-order chi connectivity index (χ0) is 16.1. The molecule has 0 saturated carbocycles. The number of aliphatic hydroxyl groups is 1. The van der Waals surface area contributed by atoms with Gasteiger partial charge in [-0.3, -0.25) is 4.79 Å². The van der Waals surface area contributed by atoms with Gasteiger partial charge in [-0.15, -0.1) is 0 Å². The van der Waals surface area contributed by atoms with Crippen LogP contribution in [0, 0.1) is 0 Å². The molecular formula is C15H21Cl2N3O2. The lowest BCUT2D eigenvalue weighted by atomic mass is 10.1. The highest BCUT2D eigenvalue weighted by Gasteiger charge is 2.26. The van der Waals surface area contributed by atoms with Crippen molar-refractivity contribution in [3.8, 4) is 0 Å². The van der Waals surface area contributed by atoms with Crippen molar-refractivity contribution in [2.75, 3.05) is 31.1 Å². The number of nitrogens with zero attached hydrogens (tertiary/aromatic N) is 3. The van der Waals surface area contributed by atoms with Crippen molar-refractivity contribution in [3.63, 3.8) is 0 Å². The largest absolute Gasteiger partial charge is 0.383 e. The number of pyridine rings is 1. The summed E-state index contributed by atoms with van der Waals surface area (Å²) in [7, 11) is 0. The Bertz CT molecular complexity index is 520. The monoisotopic (exact) mass is 345 g/mol. The summed E-state index contributed by atoms with van der Waals surface area (Å²) in [5, 5.41) is 10.9. The summed E-state index contributed by atoms with van der Waals surface area (Å²) in [4.78, 5) is 20.2. The third-order valence-corrected chi connectivity index (χ3v) is 4.28. The Morgan fingerprint density at radius 1 is 1.36 bits per heavy atom. The molecule has 7 heteroatoms. The van der Waals surface area contributed by atoms with Gasteiger partial charge in [0.25, 0.3) is 5.91 Å². The highest BCUT2D eigenvalue weighted by Crippen LogP contribution is 2.26. The summed E-state index contributed by atoms with van der Waals surface area (Å²) in [6, 6.07) is 1.66. The van der Waals surface area contributed by atoms with Crippen molar-refractivity contribution in [3.05, 3.63) is 22.3 Å². The van der Waals surface area contributed by atoms with Crippen LogP contribution in [0.5, 0.6) is 0 Å². The molecule has 1 unspecified atom stereocenters. The van der Waals surface area contributed by atoms with E-state index < -0.39 is 6.10 Å². The molecule has 0 bridgehead atoms. The van der Waals surface area contributed by atoms with Crippen LogP contribution in [-0.2, 0) is 4.79 Å². The zero-order valence-corrected chi connectivity index (χ0v) is 14.1. The van der Waals surface area contributed by atoms with Gasteiger partial charge in [-0.2, -0.15) is 0 Å². The predicted octanol–water partition coefficient (Wildman–Crippen LogP) is 2.59. The molecule has 1 N–H and O–H groups in total. The second kappa shape index (κ2) is 7.99. The van der Waals surface area contributed by atoms with E-state index >= 15 is 0 Å². The van der Waals surface area contributed by atoms with Crippen LogP contribution < -0.4 is 4.90 Å². The number of hydrogen-bond donors (Lipinski definition) is 1. The molecule has 0 aliphatic carbocycles. The van der Waals surface area contributed by atoms with E-state index in [1.165, 1.54) is 0 Å². The molecule has 0 spiro atoms. The number of halogens is 2. The summed E-state index contributed by atoms with van der Waals surface area (Å²) < 4.78 is 0. The van der Waals surface area contributed by atoms with E-state index in [4.69, 9.17) is 23.2 Å². The second-order valence-corrected chi connectivity index (χ2v) is 6.27. The number of aromatic nitrogens is 1. The van der Waals surface area contributed by atoms with E-state index in [2.05, 4.69) is 4.98 Å². The lowest BCUT2D eigenvalue weighted by Gasteiger charge is -2.36. The zero-order valence-electron chi connectivity index (χ0n) is 12.6. The van der Waals surface area contributed by atoms with Crippen molar-refractivity contribution < 1.29 is 9.90 Å². The molecule has 2 rings (SSSR count). The summed E-state index contributed by atoms with van der Waals surface area (Å²) in [5.74, 6) is 0.507. The van der Waals surface area contributed by atoms with Gasteiger partial charge in [-0.05, 0) is 12.5 Å². The van der Waals surface area contributed by atoms with Crippen LogP contribution in [-0.4, -0.2) is 53.2 Å². The molecular weight excluding hydrogens is 325 g/mol. The molecule has 0 radical (unpaired) electrons. The minimum Gasteiger partial charge on any atom is -0.383 e. The Hall–Kier alpha value is -1.04. The number of piperazine rings is 1. The third-order valence-electron chi connectivity index (χ3n) is 3.80. The Kier molecular flexibility index (Phi) is 6.29. The van der Waals surface area contributed by atoms with Crippen LogP contribution in [0.4, 0.5) is 5.82 Å². The Morgan fingerprint density at radius 2 is 2.05 bits per heavy atom. The molecule has 1 aromatic rings. The molecule has 2 heterocycles. The number of amides is 1. The second-order valence-electron chi connectivity index (χ2n) is 5.43. The van der Waals surface area contributed by atoms with Crippen LogP contribution in [0.2, 0.25) is 10.0 Å². The first kappa shape index (κ1) is 17.3. The first-order chi connectivity index (χ1) is 10.5. The van der Waals surface area contributed by atoms with Crippen molar-refractivity contribution >= 4 is 34.9 Å². The molecule has 1 atom stereocenters. The van der Waals surface area contributed by atoms with Gasteiger partial charge in [-0.1, -0.05) is 43.0 Å². The van der Waals surface area contributed by atoms with E-state index in [-0.39, 0.29) is 5.91 Å². The lowest BCUT2D eigenvalue weighted by molar-refractivity contribution is -0.140. The van der Waals surface area contributed by atoms with E-state index in [1.807, 2.05) is 11.8 Å². The van der Waals surface area contributed by atoms with Gasteiger partial charge in [-0.25, -0.2) is 4.98 Å². The number of carbonyl (C=O) groups excluding carboxylic acids is 1. The molecule has 1 aliphatic rings. The van der Waals surface area contributed by atoms with Crippen LogP contribution in [0.25, 0.3) is 0 Å².